The lowest BCUT2D eigenvalue weighted by molar-refractivity contribution is 0.414. The average Bonchev–Trinajstić information content (AvgIpc) is 2.54. The molecule has 0 bridgehead atoms. The lowest BCUT2D eigenvalue weighted by Crippen LogP contribution is -2.31. The van der Waals surface area contributed by atoms with E-state index in [0.717, 1.165) is 0 Å². The molecule has 0 atom stereocenters. The molecule has 2 aromatic rings. The van der Waals surface area contributed by atoms with Crippen molar-refractivity contribution in [2.24, 2.45) is 0 Å². The summed E-state index contributed by atoms with van der Waals surface area (Å²) in [6.45, 7) is 3.71. The summed E-state index contributed by atoms with van der Waals surface area (Å²) in [7, 11) is -2.49. The number of ether oxygens (including phenoxy) is 1. The standard InChI is InChI=1S/C16H16Cl3NO3S/c1-4-20(12-7-5-6-11(17)10(12)2)24(21,22)14-9-8-13(23-3)15(18)16(14)19/h5-9H,4H2,1-3H3. The highest BCUT2D eigenvalue weighted by Gasteiger charge is 2.29. The van der Waals surface area contributed by atoms with E-state index >= 15 is 0 Å². The largest absolute Gasteiger partial charge is 0.495 e. The molecule has 0 spiro atoms. The third kappa shape index (κ3) is 3.31. The molecular weight excluding hydrogens is 393 g/mol. The molecule has 4 nitrogen and oxygen atoms in total. The van der Waals surface area contributed by atoms with Crippen LogP contribution in [0.15, 0.2) is 35.2 Å². The summed E-state index contributed by atoms with van der Waals surface area (Å²) in [5.41, 5.74) is 1.16. The van der Waals surface area contributed by atoms with E-state index in [0.29, 0.717) is 22.0 Å². The van der Waals surface area contributed by atoms with E-state index in [2.05, 4.69) is 0 Å². The summed E-state index contributed by atoms with van der Waals surface area (Å²) >= 11 is 18.4. The van der Waals surface area contributed by atoms with Crippen molar-refractivity contribution in [2.45, 2.75) is 18.7 Å². The third-order valence-electron chi connectivity index (χ3n) is 3.59. The third-order valence-corrected chi connectivity index (χ3v) is 6.91. The molecule has 0 N–H and O–H groups in total. The Labute approximate surface area is 156 Å². The van der Waals surface area contributed by atoms with Crippen LogP contribution < -0.4 is 9.04 Å². The Morgan fingerprint density at radius 1 is 1.08 bits per heavy atom. The SMILES string of the molecule is CCN(c1cccc(Cl)c1C)S(=O)(=O)c1ccc(OC)c(Cl)c1Cl. The molecule has 2 aromatic carbocycles. The Hall–Kier alpha value is -1.14. The highest BCUT2D eigenvalue weighted by molar-refractivity contribution is 7.93. The molecule has 0 radical (unpaired) electrons. The van der Waals surface area contributed by atoms with Gasteiger partial charge >= 0.3 is 0 Å². The molecular formula is C16H16Cl3NO3S. The maximum atomic E-state index is 13.1. The smallest absolute Gasteiger partial charge is 0.265 e. The first-order valence-corrected chi connectivity index (χ1v) is 9.62. The zero-order valence-corrected chi connectivity index (χ0v) is 16.4. The van der Waals surface area contributed by atoms with E-state index in [1.54, 1.807) is 32.0 Å². The quantitative estimate of drug-likeness (QED) is 0.685. The number of hydrogen-bond donors (Lipinski definition) is 0. The Balaban J connectivity index is 2.64. The van der Waals surface area contributed by atoms with Crippen LogP contribution in [-0.4, -0.2) is 22.1 Å². The Kier molecular flexibility index (Phi) is 5.91. The monoisotopic (exact) mass is 407 g/mol. The lowest BCUT2D eigenvalue weighted by atomic mass is 10.2. The van der Waals surface area contributed by atoms with Gasteiger partial charge in [0.1, 0.15) is 15.7 Å². The van der Waals surface area contributed by atoms with Crippen LogP contribution in [0.3, 0.4) is 0 Å². The summed E-state index contributed by atoms with van der Waals surface area (Å²) in [5.74, 6) is 0.308. The minimum absolute atomic E-state index is 0.0547. The molecule has 0 saturated carbocycles. The van der Waals surface area contributed by atoms with Gasteiger partial charge in [-0.05, 0) is 43.7 Å². The van der Waals surface area contributed by atoms with Gasteiger partial charge in [0.05, 0.1) is 17.8 Å². The molecule has 0 aliphatic rings. The van der Waals surface area contributed by atoms with Gasteiger partial charge in [0.25, 0.3) is 10.0 Å². The lowest BCUT2D eigenvalue weighted by Gasteiger charge is -2.25. The first-order valence-electron chi connectivity index (χ1n) is 7.05. The van der Waals surface area contributed by atoms with Gasteiger partial charge in [-0.3, -0.25) is 4.31 Å². The number of anilines is 1. The van der Waals surface area contributed by atoms with Crippen LogP contribution in [0.25, 0.3) is 0 Å². The first-order chi connectivity index (χ1) is 11.3. The highest BCUT2D eigenvalue weighted by Crippen LogP contribution is 2.39. The average molecular weight is 409 g/mol. The summed E-state index contributed by atoms with van der Waals surface area (Å²) < 4.78 is 32.5. The van der Waals surface area contributed by atoms with Crippen molar-refractivity contribution in [3.8, 4) is 5.75 Å². The number of halogens is 3. The fraction of sp³-hybridized carbons (Fsp3) is 0.250. The number of benzene rings is 2. The Morgan fingerprint density at radius 2 is 1.75 bits per heavy atom. The fourth-order valence-corrected chi connectivity index (χ4v) is 4.84. The van der Waals surface area contributed by atoms with Crippen molar-refractivity contribution in [2.75, 3.05) is 18.0 Å². The van der Waals surface area contributed by atoms with Crippen molar-refractivity contribution in [1.82, 2.24) is 0 Å². The van der Waals surface area contributed by atoms with Gasteiger partial charge in [0.15, 0.2) is 0 Å². The number of nitrogens with zero attached hydrogens (tertiary/aromatic N) is 1. The van der Waals surface area contributed by atoms with Gasteiger partial charge in [-0.1, -0.05) is 40.9 Å². The second-order valence-corrected chi connectivity index (χ2v) is 7.94. The van der Waals surface area contributed by atoms with Crippen molar-refractivity contribution in [1.29, 1.82) is 0 Å². The zero-order valence-electron chi connectivity index (χ0n) is 13.3. The molecule has 8 heteroatoms. The molecule has 24 heavy (non-hydrogen) atoms. The van der Waals surface area contributed by atoms with Gasteiger partial charge in [-0.25, -0.2) is 8.42 Å². The van der Waals surface area contributed by atoms with E-state index in [9.17, 15) is 8.42 Å². The van der Waals surface area contributed by atoms with Gasteiger partial charge in [0.2, 0.25) is 0 Å². The van der Waals surface area contributed by atoms with Gasteiger partial charge in [0, 0.05) is 11.6 Å². The molecule has 0 aliphatic heterocycles. The van der Waals surface area contributed by atoms with Crippen LogP contribution in [0.4, 0.5) is 5.69 Å². The second-order valence-electron chi connectivity index (χ2n) is 4.95. The predicted octanol–water partition coefficient (Wildman–Crippen LogP) is 5.18. The Morgan fingerprint density at radius 3 is 2.33 bits per heavy atom. The number of rotatable bonds is 5. The second kappa shape index (κ2) is 7.40. The summed E-state index contributed by atoms with van der Waals surface area (Å²) in [6.07, 6.45) is 0. The molecule has 2 rings (SSSR count). The number of methoxy groups -OCH3 is 1. The van der Waals surface area contributed by atoms with Gasteiger partial charge in [-0.15, -0.1) is 0 Å². The zero-order chi connectivity index (χ0) is 18.1. The maximum absolute atomic E-state index is 13.1. The predicted molar refractivity (Wildman–Crippen MR) is 99.4 cm³/mol. The molecule has 130 valence electrons. The van der Waals surface area contributed by atoms with Crippen molar-refractivity contribution < 1.29 is 13.2 Å². The summed E-state index contributed by atoms with van der Waals surface area (Å²) in [4.78, 5) is -0.0869. The summed E-state index contributed by atoms with van der Waals surface area (Å²) in [6, 6.07) is 7.95. The normalized spacial score (nSPS) is 11.4. The highest BCUT2D eigenvalue weighted by atomic mass is 35.5. The van der Waals surface area contributed by atoms with Gasteiger partial charge < -0.3 is 4.74 Å². The Bertz CT molecular complexity index is 869. The topological polar surface area (TPSA) is 46.6 Å². The van der Waals surface area contributed by atoms with Crippen LogP contribution >= 0.6 is 34.8 Å². The minimum Gasteiger partial charge on any atom is -0.495 e. The van der Waals surface area contributed by atoms with Crippen molar-refractivity contribution in [3.63, 3.8) is 0 Å². The van der Waals surface area contributed by atoms with E-state index in [-0.39, 0.29) is 21.5 Å². The maximum Gasteiger partial charge on any atom is 0.265 e. The molecule has 0 amide bonds. The van der Waals surface area contributed by atoms with E-state index in [4.69, 9.17) is 39.5 Å². The molecule has 0 saturated heterocycles. The van der Waals surface area contributed by atoms with Crippen LogP contribution in [-0.2, 0) is 10.0 Å². The molecule has 0 aliphatic carbocycles. The van der Waals surface area contributed by atoms with Crippen LogP contribution in [0.2, 0.25) is 15.1 Å². The van der Waals surface area contributed by atoms with Gasteiger partial charge in [-0.2, -0.15) is 0 Å². The van der Waals surface area contributed by atoms with E-state index in [1.165, 1.54) is 23.5 Å². The van der Waals surface area contributed by atoms with Crippen molar-refractivity contribution in [3.05, 3.63) is 51.0 Å². The number of hydrogen-bond acceptors (Lipinski definition) is 3. The molecule has 0 heterocycles. The fourth-order valence-electron chi connectivity index (χ4n) is 2.33. The summed E-state index contributed by atoms with van der Waals surface area (Å²) in [5, 5.41) is 0.466. The van der Waals surface area contributed by atoms with E-state index in [1.807, 2.05) is 0 Å². The van der Waals surface area contributed by atoms with Crippen molar-refractivity contribution >= 4 is 50.5 Å². The van der Waals surface area contributed by atoms with E-state index < -0.39 is 10.0 Å². The minimum atomic E-state index is -3.92. The van der Waals surface area contributed by atoms with Crippen LogP contribution in [0, 0.1) is 6.92 Å². The number of sulfonamides is 1. The molecule has 0 aromatic heterocycles. The first kappa shape index (κ1) is 19.2. The van der Waals surface area contributed by atoms with Crippen LogP contribution in [0.1, 0.15) is 12.5 Å². The molecule has 0 fully saturated rings. The van der Waals surface area contributed by atoms with Crippen LogP contribution in [0.5, 0.6) is 5.75 Å². The molecule has 0 unspecified atom stereocenters.